The maximum Gasteiger partial charge on any atom is 0.222 e. The van der Waals surface area contributed by atoms with E-state index in [2.05, 4.69) is 10.2 Å². The topological polar surface area (TPSA) is 66.0 Å². The van der Waals surface area contributed by atoms with Crippen LogP contribution in [0, 0.1) is 0 Å². The van der Waals surface area contributed by atoms with E-state index in [9.17, 15) is 0 Å². The molecule has 1 saturated carbocycles. The first-order valence-electron chi connectivity index (χ1n) is 6.56. The van der Waals surface area contributed by atoms with Crippen molar-refractivity contribution < 1.29 is 4.74 Å². The van der Waals surface area contributed by atoms with Crippen LogP contribution in [-0.4, -0.2) is 27.1 Å². The van der Waals surface area contributed by atoms with Crippen molar-refractivity contribution in [2.75, 3.05) is 18.1 Å². The maximum absolute atomic E-state index is 6.04. The van der Waals surface area contributed by atoms with Crippen molar-refractivity contribution in [2.24, 2.45) is 0 Å². The smallest absolute Gasteiger partial charge is 0.222 e. The van der Waals surface area contributed by atoms with Crippen LogP contribution in [0.25, 0.3) is 0 Å². The van der Waals surface area contributed by atoms with Crippen LogP contribution in [0.4, 0.5) is 5.95 Å². The van der Waals surface area contributed by atoms with E-state index in [1.807, 2.05) is 4.57 Å². The van der Waals surface area contributed by atoms with Gasteiger partial charge in [-0.15, -0.1) is 10.2 Å². The number of aromatic nitrogens is 3. The Morgan fingerprint density at radius 2 is 2.14 bits per heavy atom. The summed E-state index contributed by atoms with van der Waals surface area (Å²) in [7, 11) is 0. The van der Waals surface area contributed by atoms with Gasteiger partial charge in [0.05, 0.1) is 11.6 Å². The number of anilines is 1. The zero-order valence-electron chi connectivity index (χ0n) is 11.1. The Labute approximate surface area is 136 Å². The minimum atomic E-state index is 0.467. The summed E-state index contributed by atoms with van der Waals surface area (Å²) < 4.78 is 7.64. The van der Waals surface area contributed by atoms with Gasteiger partial charge in [-0.2, -0.15) is 0 Å². The fourth-order valence-corrected chi connectivity index (χ4v) is 3.23. The molecule has 0 aliphatic heterocycles. The summed E-state index contributed by atoms with van der Waals surface area (Å²) in [5, 5.41) is 9.99. The molecule has 112 valence electrons. The van der Waals surface area contributed by atoms with Crippen LogP contribution in [0.5, 0.6) is 5.75 Å². The quantitative estimate of drug-likeness (QED) is 0.639. The predicted molar refractivity (Wildman–Crippen MR) is 85.4 cm³/mol. The standard InChI is InChI=1S/C13H14Cl2N4OS/c14-8-1-4-11(10(15)7-8)20-5-6-21-13-18-17-12(16)19(13)9-2-3-9/h1,4,7,9H,2-3,5-6H2,(H2,16,17). The van der Waals surface area contributed by atoms with Gasteiger partial charge in [-0.3, -0.25) is 4.57 Å². The number of ether oxygens (including phenoxy) is 1. The first kappa shape index (κ1) is 14.8. The number of nitrogen functional groups attached to an aromatic ring is 1. The molecule has 8 heteroatoms. The van der Waals surface area contributed by atoms with Crippen molar-refractivity contribution in [3.63, 3.8) is 0 Å². The zero-order valence-corrected chi connectivity index (χ0v) is 13.5. The van der Waals surface area contributed by atoms with Crippen molar-refractivity contribution in [1.29, 1.82) is 0 Å². The minimum Gasteiger partial charge on any atom is -0.491 e. The molecule has 0 radical (unpaired) electrons. The SMILES string of the molecule is Nc1nnc(SCCOc2ccc(Cl)cc2Cl)n1C1CC1. The molecule has 1 aliphatic carbocycles. The lowest BCUT2D eigenvalue weighted by molar-refractivity contribution is 0.344. The molecular weight excluding hydrogens is 331 g/mol. The van der Waals surface area contributed by atoms with E-state index in [0.29, 0.717) is 34.4 Å². The third-order valence-electron chi connectivity index (χ3n) is 3.07. The second-order valence-electron chi connectivity index (χ2n) is 4.71. The van der Waals surface area contributed by atoms with Gasteiger partial charge >= 0.3 is 0 Å². The lowest BCUT2D eigenvalue weighted by atomic mass is 10.3. The van der Waals surface area contributed by atoms with E-state index in [-0.39, 0.29) is 0 Å². The van der Waals surface area contributed by atoms with Crippen LogP contribution >= 0.6 is 35.0 Å². The molecule has 0 unspecified atom stereocenters. The first-order chi connectivity index (χ1) is 10.1. The maximum atomic E-state index is 6.04. The zero-order chi connectivity index (χ0) is 14.8. The van der Waals surface area contributed by atoms with Crippen LogP contribution in [-0.2, 0) is 0 Å². The van der Waals surface area contributed by atoms with Gasteiger partial charge < -0.3 is 10.5 Å². The lowest BCUT2D eigenvalue weighted by Crippen LogP contribution is -2.05. The van der Waals surface area contributed by atoms with Gasteiger partial charge in [0.1, 0.15) is 5.75 Å². The highest BCUT2D eigenvalue weighted by Crippen LogP contribution is 2.39. The normalized spacial score (nSPS) is 14.4. The van der Waals surface area contributed by atoms with Gasteiger partial charge in [-0.1, -0.05) is 35.0 Å². The van der Waals surface area contributed by atoms with Gasteiger partial charge in [0, 0.05) is 16.8 Å². The molecular formula is C13H14Cl2N4OS. The molecule has 2 N–H and O–H groups in total. The second-order valence-corrected chi connectivity index (χ2v) is 6.62. The number of nitrogens with two attached hydrogens (primary N) is 1. The molecule has 0 spiro atoms. The molecule has 0 amide bonds. The molecule has 0 bridgehead atoms. The Hall–Kier alpha value is -1.11. The van der Waals surface area contributed by atoms with Gasteiger partial charge in [0.2, 0.25) is 5.95 Å². The Balaban J connectivity index is 1.52. The van der Waals surface area contributed by atoms with Gasteiger partial charge in [-0.25, -0.2) is 0 Å². The van der Waals surface area contributed by atoms with Crippen LogP contribution in [0.2, 0.25) is 10.0 Å². The van der Waals surface area contributed by atoms with Gasteiger partial charge in [-0.05, 0) is 31.0 Å². The monoisotopic (exact) mass is 344 g/mol. The van der Waals surface area contributed by atoms with E-state index in [1.54, 1.807) is 30.0 Å². The largest absolute Gasteiger partial charge is 0.491 e. The molecule has 1 fully saturated rings. The van der Waals surface area contributed by atoms with E-state index in [4.69, 9.17) is 33.7 Å². The lowest BCUT2D eigenvalue weighted by Gasteiger charge is -2.08. The van der Waals surface area contributed by atoms with Crippen molar-refractivity contribution in [2.45, 2.75) is 24.0 Å². The van der Waals surface area contributed by atoms with Gasteiger partial charge in [0.25, 0.3) is 0 Å². The van der Waals surface area contributed by atoms with Gasteiger partial charge in [0.15, 0.2) is 5.16 Å². The number of hydrogen-bond donors (Lipinski definition) is 1. The molecule has 1 aliphatic rings. The Kier molecular flexibility index (Phi) is 4.47. The first-order valence-corrected chi connectivity index (χ1v) is 8.30. The van der Waals surface area contributed by atoms with E-state index in [1.165, 1.54) is 0 Å². The number of hydrogen-bond acceptors (Lipinski definition) is 5. The Morgan fingerprint density at radius 1 is 1.33 bits per heavy atom. The second kappa shape index (κ2) is 6.34. The predicted octanol–water partition coefficient (Wildman–Crippen LogP) is 3.67. The average Bonchev–Trinajstić information content (AvgIpc) is 3.21. The summed E-state index contributed by atoms with van der Waals surface area (Å²) in [6, 6.07) is 5.64. The Morgan fingerprint density at radius 3 is 2.86 bits per heavy atom. The van der Waals surface area contributed by atoms with Crippen molar-refractivity contribution >= 4 is 40.9 Å². The minimum absolute atomic E-state index is 0.467. The highest BCUT2D eigenvalue weighted by molar-refractivity contribution is 7.99. The van der Waals surface area contributed by atoms with Crippen molar-refractivity contribution in [3.8, 4) is 5.75 Å². The highest BCUT2D eigenvalue weighted by Gasteiger charge is 2.28. The molecule has 1 aromatic carbocycles. The summed E-state index contributed by atoms with van der Waals surface area (Å²) in [6.07, 6.45) is 2.29. The average molecular weight is 345 g/mol. The van der Waals surface area contributed by atoms with Crippen LogP contribution in [0.15, 0.2) is 23.4 Å². The fourth-order valence-electron chi connectivity index (χ4n) is 1.94. The molecule has 1 aromatic heterocycles. The van der Waals surface area contributed by atoms with Crippen molar-refractivity contribution in [3.05, 3.63) is 28.2 Å². The summed E-state index contributed by atoms with van der Waals surface area (Å²) >= 11 is 13.5. The van der Waals surface area contributed by atoms with E-state index >= 15 is 0 Å². The number of halogens is 2. The van der Waals surface area contributed by atoms with Crippen LogP contribution < -0.4 is 10.5 Å². The summed E-state index contributed by atoms with van der Waals surface area (Å²) in [6.45, 7) is 0.517. The van der Waals surface area contributed by atoms with Crippen LogP contribution in [0.1, 0.15) is 18.9 Å². The number of nitrogens with zero attached hydrogens (tertiary/aromatic N) is 3. The molecule has 2 aromatic rings. The third kappa shape index (κ3) is 3.56. The summed E-state index contributed by atoms with van der Waals surface area (Å²) in [5.41, 5.74) is 5.83. The molecule has 1 heterocycles. The van der Waals surface area contributed by atoms with Crippen molar-refractivity contribution in [1.82, 2.24) is 14.8 Å². The molecule has 3 rings (SSSR count). The highest BCUT2D eigenvalue weighted by atomic mass is 35.5. The number of rotatable bonds is 6. The molecule has 5 nitrogen and oxygen atoms in total. The van der Waals surface area contributed by atoms with E-state index < -0.39 is 0 Å². The number of benzene rings is 1. The fraction of sp³-hybridized carbons (Fsp3) is 0.385. The van der Waals surface area contributed by atoms with E-state index in [0.717, 1.165) is 23.8 Å². The summed E-state index contributed by atoms with van der Waals surface area (Å²) in [4.78, 5) is 0. The molecule has 0 atom stereocenters. The Bertz CT molecular complexity index is 645. The molecule has 21 heavy (non-hydrogen) atoms. The summed E-state index contributed by atoms with van der Waals surface area (Å²) in [5.74, 6) is 1.86. The molecule has 0 saturated heterocycles. The van der Waals surface area contributed by atoms with Crippen LogP contribution in [0.3, 0.4) is 0 Å². The third-order valence-corrected chi connectivity index (χ3v) is 4.51. The number of thioether (sulfide) groups is 1.